The van der Waals surface area contributed by atoms with Gasteiger partial charge in [-0.25, -0.2) is 8.78 Å². The molecule has 0 saturated heterocycles. The van der Waals surface area contributed by atoms with E-state index in [1.165, 1.54) is 12.1 Å². The number of hydrogen-bond acceptors (Lipinski definition) is 4. The van der Waals surface area contributed by atoms with Crippen LogP contribution in [0.15, 0.2) is 17.2 Å². The van der Waals surface area contributed by atoms with Crippen LogP contribution in [0.4, 0.5) is 14.5 Å². The summed E-state index contributed by atoms with van der Waals surface area (Å²) in [6, 6.07) is 4.86. The van der Waals surface area contributed by atoms with E-state index in [0.717, 1.165) is 12.1 Å². The van der Waals surface area contributed by atoms with E-state index >= 15 is 0 Å². The van der Waals surface area contributed by atoms with Gasteiger partial charge in [0.1, 0.15) is 17.8 Å². The van der Waals surface area contributed by atoms with E-state index in [4.69, 9.17) is 22.1 Å². The number of nitrogens with zero attached hydrogens (tertiary/aromatic N) is 3. The molecule has 0 saturated carbocycles. The molecule has 80 valence electrons. The van der Waals surface area contributed by atoms with E-state index in [0.29, 0.717) is 0 Å². The fourth-order valence-corrected chi connectivity index (χ4v) is 1.00. The van der Waals surface area contributed by atoms with Crippen molar-refractivity contribution in [2.45, 2.75) is 0 Å². The second-order valence-electron chi connectivity index (χ2n) is 2.51. The number of nitrogens with one attached hydrogen (secondary N) is 1. The Morgan fingerprint density at radius 2 is 1.94 bits per heavy atom. The Kier molecular flexibility index (Phi) is 3.76. The molecule has 0 fully saturated rings. The Labute approximate surface area is 94.4 Å². The van der Waals surface area contributed by atoms with Crippen LogP contribution in [0.1, 0.15) is 0 Å². The number of hydrogen-bond donors (Lipinski definition) is 1. The zero-order valence-corrected chi connectivity index (χ0v) is 8.39. The third-order valence-corrected chi connectivity index (χ3v) is 1.85. The molecular weight excluding hydrogens is 238 g/mol. The van der Waals surface area contributed by atoms with Gasteiger partial charge in [-0.2, -0.15) is 15.6 Å². The van der Waals surface area contributed by atoms with Gasteiger partial charge in [-0.1, -0.05) is 11.6 Å². The van der Waals surface area contributed by atoms with E-state index < -0.39 is 23.0 Å². The standard InChI is InChI=1S/C9H3ClF2N4/c10-6-1-2-7(11)8(12)9(6)16-15-5(3-13)4-14/h1-2,16H. The molecule has 4 nitrogen and oxygen atoms in total. The summed E-state index contributed by atoms with van der Waals surface area (Å²) in [5, 5.41) is 19.8. The lowest BCUT2D eigenvalue weighted by Crippen LogP contribution is -2.00. The smallest absolute Gasteiger partial charge is 0.237 e. The van der Waals surface area contributed by atoms with Gasteiger partial charge in [0.2, 0.25) is 5.71 Å². The molecular formula is C9H3ClF2N4. The largest absolute Gasteiger partial charge is 0.272 e. The lowest BCUT2D eigenvalue weighted by Gasteiger charge is -2.04. The molecule has 0 aliphatic rings. The first-order valence-electron chi connectivity index (χ1n) is 3.87. The fourth-order valence-electron chi connectivity index (χ4n) is 0.816. The first-order valence-corrected chi connectivity index (χ1v) is 4.25. The molecule has 1 aromatic rings. The van der Waals surface area contributed by atoms with Crippen LogP contribution in [0.25, 0.3) is 0 Å². The molecule has 0 aromatic heterocycles. The monoisotopic (exact) mass is 240 g/mol. The zero-order valence-electron chi connectivity index (χ0n) is 7.63. The summed E-state index contributed by atoms with van der Waals surface area (Å²) in [5.41, 5.74) is 1.07. The van der Waals surface area contributed by atoms with Gasteiger partial charge in [0, 0.05) is 0 Å². The van der Waals surface area contributed by atoms with Crippen molar-refractivity contribution in [2.24, 2.45) is 5.10 Å². The maximum absolute atomic E-state index is 13.2. The summed E-state index contributed by atoms with van der Waals surface area (Å²) in [4.78, 5) is 0. The fraction of sp³-hybridized carbons (Fsp3) is 0. The van der Waals surface area contributed by atoms with Crippen molar-refractivity contribution in [1.82, 2.24) is 0 Å². The molecule has 1 N–H and O–H groups in total. The third kappa shape index (κ3) is 2.44. The molecule has 0 unspecified atom stereocenters. The average molecular weight is 241 g/mol. The molecule has 7 heteroatoms. The van der Waals surface area contributed by atoms with Gasteiger partial charge in [-0.15, -0.1) is 0 Å². The van der Waals surface area contributed by atoms with Crippen LogP contribution in [-0.4, -0.2) is 5.71 Å². The van der Waals surface area contributed by atoms with E-state index in [-0.39, 0.29) is 5.02 Å². The average Bonchev–Trinajstić information content (AvgIpc) is 2.29. The second-order valence-corrected chi connectivity index (χ2v) is 2.92. The van der Waals surface area contributed by atoms with Gasteiger partial charge in [0.05, 0.1) is 5.02 Å². The van der Waals surface area contributed by atoms with Gasteiger partial charge in [0.25, 0.3) is 0 Å². The van der Waals surface area contributed by atoms with Gasteiger partial charge < -0.3 is 0 Å². The molecule has 0 spiro atoms. The lowest BCUT2D eigenvalue weighted by molar-refractivity contribution is 0.511. The summed E-state index contributed by atoms with van der Waals surface area (Å²) in [6.45, 7) is 0. The minimum Gasteiger partial charge on any atom is -0.272 e. The van der Waals surface area contributed by atoms with Gasteiger partial charge in [-0.3, -0.25) is 5.43 Å². The molecule has 0 heterocycles. The summed E-state index contributed by atoms with van der Waals surface area (Å²) >= 11 is 5.57. The van der Waals surface area contributed by atoms with Gasteiger partial charge in [0.15, 0.2) is 11.6 Å². The molecule has 16 heavy (non-hydrogen) atoms. The minimum absolute atomic E-state index is 0.113. The molecule has 0 atom stereocenters. The molecule has 1 rings (SSSR count). The number of rotatable bonds is 2. The van der Waals surface area contributed by atoms with Gasteiger partial charge in [-0.05, 0) is 12.1 Å². The van der Waals surface area contributed by atoms with Crippen molar-refractivity contribution in [3.8, 4) is 12.1 Å². The van der Waals surface area contributed by atoms with E-state index in [2.05, 4.69) is 5.10 Å². The first kappa shape index (κ1) is 11.9. The van der Waals surface area contributed by atoms with Crippen LogP contribution < -0.4 is 5.43 Å². The Hall–Kier alpha value is -2.18. The highest BCUT2D eigenvalue weighted by molar-refractivity contribution is 6.33. The van der Waals surface area contributed by atoms with Crippen LogP contribution in [0, 0.1) is 34.3 Å². The van der Waals surface area contributed by atoms with Crippen LogP contribution in [-0.2, 0) is 0 Å². The van der Waals surface area contributed by atoms with E-state index in [1.807, 2.05) is 5.43 Å². The Morgan fingerprint density at radius 3 is 2.50 bits per heavy atom. The lowest BCUT2D eigenvalue weighted by atomic mass is 10.3. The van der Waals surface area contributed by atoms with Crippen LogP contribution in [0.3, 0.4) is 0 Å². The highest BCUT2D eigenvalue weighted by Crippen LogP contribution is 2.26. The molecule has 1 aromatic carbocycles. The van der Waals surface area contributed by atoms with E-state index in [9.17, 15) is 8.78 Å². The number of hydrazone groups is 1. The molecule has 0 aliphatic heterocycles. The van der Waals surface area contributed by atoms with Crippen molar-refractivity contribution >= 4 is 23.0 Å². The van der Waals surface area contributed by atoms with Crippen LogP contribution >= 0.6 is 11.6 Å². The first-order chi connectivity index (χ1) is 7.60. The van der Waals surface area contributed by atoms with Crippen LogP contribution in [0.5, 0.6) is 0 Å². The number of halogens is 3. The number of benzene rings is 1. The molecule has 0 aliphatic carbocycles. The summed E-state index contributed by atoms with van der Waals surface area (Å²) in [5.74, 6) is -2.34. The molecule has 0 bridgehead atoms. The van der Waals surface area contributed by atoms with Crippen molar-refractivity contribution < 1.29 is 8.78 Å². The Bertz CT molecular complexity index is 512. The Morgan fingerprint density at radius 1 is 1.31 bits per heavy atom. The van der Waals surface area contributed by atoms with Crippen molar-refractivity contribution in [3.63, 3.8) is 0 Å². The summed E-state index contributed by atoms with van der Waals surface area (Å²) in [6.07, 6.45) is 0. The molecule has 0 amide bonds. The van der Waals surface area contributed by atoms with Crippen molar-refractivity contribution in [1.29, 1.82) is 10.5 Å². The highest BCUT2D eigenvalue weighted by Gasteiger charge is 2.11. The SMILES string of the molecule is N#CC(C#N)=NNc1c(Cl)ccc(F)c1F. The van der Waals surface area contributed by atoms with E-state index in [1.54, 1.807) is 0 Å². The van der Waals surface area contributed by atoms with Crippen LogP contribution in [0.2, 0.25) is 5.02 Å². The van der Waals surface area contributed by atoms with Crippen molar-refractivity contribution in [3.05, 3.63) is 28.8 Å². The minimum atomic E-state index is -1.23. The highest BCUT2D eigenvalue weighted by atomic mass is 35.5. The predicted molar refractivity (Wildman–Crippen MR) is 53.7 cm³/mol. The van der Waals surface area contributed by atoms with Crippen molar-refractivity contribution in [2.75, 3.05) is 5.43 Å². The topological polar surface area (TPSA) is 72.0 Å². The summed E-state index contributed by atoms with van der Waals surface area (Å²) < 4.78 is 26.0. The third-order valence-electron chi connectivity index (χ3n) is 1.54. The molecule has 0 radical (unpaired) electrons. The zero-order chi connectivity index (χ0) is 12.1. The number of nitriles is 2. The quantitative estimate of drug-likeness (QED) is 0.490. The maximum Gasteiger partial charge on any atom is 0.237 e. The summed E-state index contributed by atoms with van der Waals surface area (Å²) in [7, 11) is 0. The maximum atomic E-state index is 13.2. The second kappa shape index (κ2) is 5.06. The predicted octanol–water partition coefficient (Wildman–Crippen LogP) is 2.43. The normalized spacial score (nSPS) is 8.81. The number of anilines is 1. The Balaban J connectivity index is 3.09. The van der Waals surface area contributed by atoms with Gasteiger partial charge >= 0.3 is 0 Å².